The first-order chi connectivity index (χ1) is 10.8. The van der Waals surface area contributed by atoms with Gasteiger partial charge >= 0.3 is 0 Å². The van der Waals surface area contributed by atoms with Gasteiger partial charge in [-0.3, -0.25) is 0 Å². The first-order valence-electron chi connectivity index (χ1n) is 10.5. The van der Waals surface area contributed by atoms with Crippen molar-refractivity contribution in [1.29, 1.82) is 0 Å². The fraction of sp³-hybridized carbons (Fsp3) is 0.913. The maximum absolute atomic E-state index is 2.70. The molecule has 0 heteroatoms. The molecule has 134 valence electrons. The Morgan fingerprint density at radius 1 is 1.09 bits per heavy atom. The van der Waals surface area contributed by atoms with E-state index in [-0.39, 0.29) is 0 Å². The number of fused-ring (bicyclic) bond motifs is 1. The highest BCUT2D eigenvalue weighted by atomic mass is 14.5. The van der Waals surface area contributed by atoms with Gasteiger partial charge in [0.25, 0.3) is 0 Å². The second-order valence-corrected chi connectivity index (χ2v) is 9.66. The lowest BCUT2D eigenvalue weighted by Gasteiger charge is -2.48. The minimum atomic E-state index is 0.479. The van der Waals surface area contributed by atoms with Crippen molar-refractivity contribution >= 4 is 0 Å². The van der Waals surface area contributed by atoms with Crippen LogP contribution in [-0.4, -0.2) is 0 Å². The third-order valence-corrected chi connectivity index (χ3v) is 7.60. The van der Waals surface area contributed by atoms with Gasteiger partial charge in [-0.2, -0.15) is 0 Å². The van der Waals surface area contributed by atoms with Crippen molar-refractivity contribution in [1.82, 2.24) is 0 Å². The lowest BCUT2D eigenvalue weighted by atomic mass is 9.57. The molecule has 0 aromatic rings. The molecule has 2 rings (SSSR count). The average molecular weight is 319 g/mol. The van der Waals surface area contributed by atoms with E-state index in [2.05, 4.69) is 54.5 Å². The summed E-state index contributed by atoms with van der Waals surface area (Å²) in [6.07, 6.45) is 12.5. The van der Waals surface area contributed by atoms with Crippen molar-refractivity contribution < 1.29 is 0 Å². The Balaban J connectivity index is 2.18. The summed E-state index contributed by atoms with van der Waals surface area (Å²) in [7, 11) is 0. The van der Waals surface area contributed by atoms with Gasteiger partial charge in [0.2, 0.25) is 0 Å². The number of hydrogen-bond donors (Lipinski definition) is 0. The van der Waals surface area contributed by atoms with Crippen molar-refractivity contribution in [3.8, 4) is 0 Å². The molecule has 23 heavy (non-hydrogen) atoms. The van der Waals surface area contributed by atoms with E-state index in [1.165, 1.54) is 44.9 Å². The molecule has 0 radical (unpaired) electrons. The van der Waals surface area contributed by atoms with E-state index in [0.717, 1.165) is 35.5 Å². The molecule has 0 aliphatic heterocycles. The zero-order valence-electron chi connectivity index (χ0n) is 17.0. The second-order valence-electron chi connectivity index (χ2n) is 9.66. The molecule has 2 aliphatic rings. The number of hydrogen-bond acceptors (Lipinski definition) is 0. The van der Waals surface area contributed by atoms with E-state index in [0.29, 0.717) is 5.41 Å². The molecule has 2 aliphatic carbocycles. The normalized spacial score (nSPS) is 34.5. The van der Waals surface area contributed by atoms with Gasteiger partial charge < -0.3 is 0 Å². The average Bonchev–Trinajstić information content (AvgIpc) is 2.53. The molecule has 0 saturated heterocycles. The summed E-state index contributed by atoms with van der Waals surface area (Å²) in [6.45, 7) is 17.1. The zero-order valence-corrected chi connectivity index (χ0v) is 17.0. The Hall–Kier alpha value is -0.260. The highest BCUT2D eigenvalue weighted by Crippen LogP contribution is 2.52. The Morgan fingerprint density at radius 3 is 2.30 bits per heavy atom. The first-order valence-corrected chi connectivity index (χ1v) is 10.5. The molecule has 0 spiro atoms. The Bertz CT molecular complexity index is 397. The molecule has 0 heterocycles. The molecule has 0 nitrogen and oxygen atoms in total. The number of allylic oxidation sites excluding steroid dienone is 2. The summed E-state index contributed by atoms with van der Waals surface area (Å²) in [4.78, 5) is 0. The van der Waals surface area contributed by atoms with E-state index in [1.807, 2.05) is 5.57 Å². The molecule has 6 atom stereocenters. The zero-order chi connectivity index (χ0) is 17.2. The molecule has 0 bridgehead atoms. The van der Waals surface area contributed by atoms with E-state index in [9.17, 15) is 0 Å². The van der Waals surface area contributed by atoms with Crippen LogP contribution in [0.25, 0.3) is 0 Å². The molecule has 0 amide bonds. The minimum Gasteiger partial charge on any atom is -0.0847 e. The van der Waals surface area contributed by atoms with Crippen LogP contribution in [0.4, 0.5) is 0 Å². The van der Waals surface area contributed by atoms with Crippen LogP contribution < -0.4 is 0 Å². The van der Waals surface area contributed by atoms with Gasteiger partial charge in [-0.25, -0.2) is 0 Å². The SMILES string of the molecule is CCC(C)C(CC)C1CC=C2CC(C(C)(C)C)CCC2C1CC. The van der Waals surface area contributed by atoms with Crippen molar-refractivity contribution in [3.63, 3.8) is 0 Å². The lowest BCUT2D eigenvalue weighted by molar-refractivity contribution is 0.0823. The van der Waals surface area contributed by atoms with Gasteiger partial charge in [0.15, 0.2) is 0 Å². The van der Waals surface area contributed by atoms with Crippen molar-refractivity contribution in [2.75, 3.05) is 0 Å². The van der Waals surface area contributed by atoms with Gasteiger partial charge in [-0.15, -0.1) is 0 Å². The summed E-state index contributed by atoms with van der Waals surface area (Å²) in [6, 6.07) is 0. The summed E-state index contributed by atoms with van der Waals surface area (Å²) >= 11 is 0. The van der Waals surface area contributed by atoms with Crippen LogP contribution in [0.2, 0.25) is 0 Å². The highest BCUT2D eigenvalue weighted by Gasteiger charge is 2.42. The van der Waals surface area contributed by atoms with Gasteiger partial charge in [0, 0.05) is 0 Å². The maximum atomic E-state index is 2.70. The lowest BCUT2D eigenvalue weighted by Crippen LogP contribution is -2.38. The smallest absolute Gasteiger partial charge is 0.0172 e. The Kier molecular flexibility index (Phi) is 6.42. The van der Waals surface area contributed by atoms with Crippen LogP contribution in [0.1, 0.15) is 93.4 Å². The van der Waals surface area contributed by atoms with E-state index in [4.69, 9.17) is 0 Å². The molecule has 1 saturated carbocycles. The largest absolute Gasteiger partial charge is 0.0847 e. The first kappa shape index (κ1) is 19.1. The third kappa shape index (κ3) is 4.05. The topological polar surface area (TPSA) is 0 Å². The van der Waals surface area contributed by atoms with Crippen LogP contribution in [0.5, 0.6) is 0 Å². The predicted molar refractivity (Wildman–Crippen MR) is 103 cm³/mol. The summed E-state index contributed by atoms with van der Waals surface area (Å²) < 4.78 is 0. The van der Waals surface area contributed by atoms with Crippen molar-refractivity contribution in [2.24, 2.45) is 40.9 Å². The van der Waals surface area contributed by atoms with Crippen LogP contribution in [0.3, 0.4) is 0 Å². The van der Waals surface area contributed by atoms with Crippen LogP contribution >= 0.6 is 0 Å². The quantitative estimate of drug-likeness (QED) is 0.460. The van der Waals surface area contributed by atoms with Gasteiger partial charge in [-0.1, -0.05) is 79.4 Å². The molecule has 6 unspecified atom stereocenters. The van der Waals surface area contributed by atoms with Gasteiger partial charge in [0.1, 0.15) is 0 Å². The van der Waals surface area contributed by atoms with E-state index in [1.54, 1.807) is 0 Å². The predicted octanol–water partition coefficient (Wildman–Crippen LogP) is 7.49. The monoisotopic (exact) mass is 318 g/mol. The summed E-state index contributed by atoms with van der Waals surface area (Å²) in [5.41, 5.74) is 2.32. The minimum absolute atomic E-state index is 0.479. The Morgan fingerprint density at radius 2 is 1.78 bits per heavy atom. The molecular weight excluding hydrogens is 276 g/mol. The number of rotatable bonds is 5. The molecule has 0 aromatic carbocycles. The fourth-order valence-corrected chi connectivity index (χ4v) is 5.84. The Labute approximate surface area is 146 Å². The van der Waals surface area contributed by atoms with Crippen LogP contribution in [0.15, 0.2) is 11.6 Å². The van der Waals surface area contributed by atoms with Crippen molar-refractivity contribution in [3.05, 3.63) is 11.6 Å². The maximum Gasteiger partial charge on any atom is -0.0172 e. The molecule has 1 fully saturated rings. The third-order valence-electron chi connectivity index (χ3n) is 7.60. The van der Waals surface area contributed by atoms with Gasteiger partial charge in [0.05, 0.1) is 0 Å². The summed E-state index contributed by atoms with van der Waals surface area (Å²) in [5.74, 6) is 5.53. The fourth-order valence-electron chi connectivity index (χ4n) is 5.84. The molecule has 0 aromatic heterocycles. The molecule has 0 N–H and O–H groups in total. The van der Waals surface area contributed by atoms with Crippen LogP contribution in [0, 0.1) is 40.9 Å². The second kappa shape index (κ2) is 7.75. The standard InChI is InChI=1S/C23H42/c1-8-16(4)19(9-2)22-13-11-17-15-18(23(5,6)7)12-14-21(17)20(22)10-3/h11,16,18-22H,8-10,12-15H2,1-7H3. The van der Waals surface area contributed by atoms with E-state index >= 15 is 0 Å². The highest BCUT2D eigenvalue weighted by molar-refractivity contribution is 5.18. The van der Waals surface area contributed by atoms with Crippen LogP contribution in [-0.2, 0) is 0 Å². The van der Waals surface area contributed by atoms with E-state index < -0.39 is 0 Å². The van der Waals surface area contributed by atoms with Gasteiger partial charge in [-0.05, 0) is 66.6 Å². The summed E-state index contributed by atoms with van der Waals surface area (Å²) in [5, 5.41) is 0. The van der Waals surface area contributed by atoms with Crippen molar-refractivity contribution in [2.45, 2.75) is 93.4 Å². The molecular formula is C23H42.